The molecule has 2 aromatic carbocycles. The van der Waals surface area contributed by atoms with Crippen molar-refractivity contribution >= 4 is 17.3 Å². The average molecular weight is 587 g/mol. The summed E-state index contributed by atoms with van der Waals surface area (Å²) in [5.41, 5.74) is -1.72. The summed E-state index contributed by atoms with van der Waals surface area (Å²) >= 11 is 0. The normalized spacial score (nSPS) is 19.6. The molecule has 1 saturated heterocycles. The number of anilines is 2. The molecule has 1 amide bonds. The summed E-state index contributed by atoms with van der Waals surface area (Å²) in [4.78, 5) is 29.5. The molecule has 0 bridgehead atoms. The molecule has 42 heavy (non-hydrogen) atoms. The highest BCUT2D eigenvalue weighted by Crippen LogP contribution is 2.38. The van der Waals surface area contributed by atoms with Gasteiger partial charge >= 0.3 is 6.18 Å². The van der Waals surface area contributed by atoms with Crippen molar-refractivity contribution in [3.63, 3.8) is 0 Å². The lowest BCUT2D eigenvalue weighted by molar-refractivity contribution is -0.138. The molecule has 1 N–H and O–H groups in total. The lowest BCUT2D eigenvalue weighted by Gasteiger charge is -2.44. The van der Waals surface area contributed by atoms with Crippen LogP contribution in [0, 0.1) is 11.7 Å². The van der Waals surface area contributed by atoms with Gasteiger partial charge in [-0.25, -0.2) is 4.39 Å². The van der Waals surface area contributed by atoms with Gasteiger partial charge in [0, 0.05) is 50.0 Å². The molecule has 11 heteroatoms. The number of aromatic nitrogens is 1. The highest BCUT2D eigenvalue weighted by molar-refractivity contribution is 6.07. The Balaban J connectivity index is 1.54. The van der Waals surface area contributed by atoms with Gasteiger partial charge < -0.3 is 19.5 Å². The molecule has 0 radical (unpaired) electrons. The molecule has 3 aromatic rings. The van der Waals surface area contributed by atoms with Gasteiger partial charge in [0.25, 0.3) is 11.5 Å². The number of benzene rings is 2. The van der Waals surface area contributed by atoms with E-state index in [-0.39, 0.29) is 23.3 Å². The largest absolute Gasteiger partial charge is 0.493 e. The highest BCUT2D eigenvalue weighted by atomic mass is 19.4. The number of halogens is 4. The number of pyridine rings is 1. The number of likely N-dealkylation sites (N-methyl/N-ethyl adjacent to an activating group) is 1. The Labute approximate surface area is 241 Å². The van der Waals surface area contributed by atoms with E-state index in [0.29, 0.717) is 48.7 Å². The van der Waals surface area contributed by atoms with Crippen LogP contribution in [0.3, 0.4) is 0 Å². The van der Waals surface area contributed by atoms with E-state index >= 15 is 4.39 Å². The Kier molecular flexibility index (Phi) is 8.06. The maximum atomic E-state index is 15.7. The van der Waals surface area contributed by atoms with Crippen molar-refractivity contribution in [2.24, 2.45) is 13.0 Å². The second-order valence-electron chi connectivity index (χ2n) is 11.4. The number of piperazine rings is 1. The van der Waals surface area contributed by atoms with Crippen LogP contribution in [0.1, 0.15) is 42.6 Å². The van der Waals surface area contributed by atoms with Crippen LogP contribution in [0.4, 0.5) is 28.9 Å². The fourth-order valence-electron chi connectivity index (χ4n) is 5.21. The topological polar surface area (TPSA) is 66.8 Å². The summed E-state index contributed by atoms with van der Waals surface area (Å²) < 4.78 is 63.9. The van der Waals surface area contributed by atoms with Crippen LogP contribution in [-0.2, 0) is 13.2 Å². The van der Waals surface area contributed by atoms with Gasteiger partial charge in [-0.1, -0.05) is 12.1 Å². The number of rotatable bonds is 7. The summed E-state index contributed by atoms with van der Waals surface area (Å²) in [6.07, 6.45) is -1.76. The number of ether oxygens (including phenoxy) is 1. The minimum absolute atomic E-state index is 0.101. The number of amides is 1. The highest BCUT2D eigenvalue weighted by Gasteiger charge is 2.37. The number of nitrogens with zero attached hydrogens (tertiary/aromatic N) is 3. The van der Waals surface area contributed by atoms with E-state index in [2.05, 4.69) is 10.2 Å². The number of aryl methyl sites for hydroxylation is 1. The van der Waals surface area contributed by atoms with E-state index in [4.69, 9.17) is 4.74 Å². The Morgan fingerprint density at radius 3 is 2.26 bits per heavy atom. The fourth-order valence-corrected chi connectivity index (χ4v) is 5.21. The van der Waals surface area contributed by atoms with Crippen molar-refractivity contribution in [2.75, 3.05) is 37.0 Å². The number of carbonyl (C=O) groups is 1. The van der Waals surface area contributed by atoms with Gasteiger partial charge in [-0.2, -0.15) is 13.2 Å². The third kappa shape index (κ3) is 6.30. The van der Waals surface area contributed by atoms with Crippen molar-refractivity contribution in [3.8, 4) is 16.9 Å². The first-order valence-corrected chi connectivity index (χ1v) is 13.9. The number of carbonyl (C=O) groups excluding carboxylic acids is 1. The van der Waals surface area contributed by atoms with Gasteiger partial charge in [0.15, 0.2) is 0 Å². The average Bonchev–Trinajstić information content (AvgIpc) is 3.76. The van der Waals surface area contributed by atoms with Gasteiger partial charge in [0.05, 0.1) is 29.1 Å². The van der Waals surface area contributed by atoms with Crippen LogP contribution in [0.2, 0.25) is 0 Å². The van der Waals surface area contributed by atoms with E-state index in [0.717, 1.165) is 23.6 Å². The predicted molar refractivity (Wildman–Crippen MR) is 154 cm³/mol. The van der Waals surface area contributed by atoms with Crippen LogP contribution >= 0.6 is 0 Å². The first-order chi connectivity index (χ1) is 19.8. The molecule has 2 fully saturated rings. The SMILES string of the molecule is C[C@@H]1CN(c2cc(F)c(-c3ccc(OCC4CC4)cc3)cc2NC(=O)c2cn(C)c(=O)cc2C(F)(F)F)C[C@H](C)N1C. The molecule has 1 saturated carbocycles. The zero-order valence-electron chi connectivity index (χ0n) is 24.0. The lowest BCUT2D eigenvalue weighted by atomic mass is 10.0. The first kappa shape index (κ1) is 29.6. The molecule has 0 spiro atoms. The van der Waals surface area contributed by atoms with E-state index in [1.807, 2.05) is 25.8 Å². The third-order valence-corrected chi connectivity index (χ3v) is 8.16. The molecule has 2 heterocycles. The monoisotopic (exact) mass is 586 g/mol. The zero-order chi connectivity index (χ0) is 30.3. The molecular formula is C31H34F4N4O3. The molecule has 7 nitrogen and oxygen atoms in total. The molecule has 2 aliphatic rings. The second-order valence-corrected chi connectivity index (χ2v) is 11.4. The second kappa shape index (κ2) is 11.4. The lowest BCUT2D eigenvalue weighted by Crippen LogP contribution is -2.55. The maximum Gasteiger partial charge on any atom is 0.417 e. The van der Waals surface area contributed by atoms with Gasteiger partial charge in [0.2, 0.25) is 0 Å². The van der Waals surface area contributed by atoms with Crippen LogP contribution in [-0.4, -0.2) is 54.2 Å². The summed E-state index contributed by atoms with van der Waals surface area (Å²) in [5, 5.41) is 2.61. The number of nitrogens with one attached hydrogen (secondary N) is 1. The standard InChI is InChI=1S/C31H34F4N4O3/c1-18-14-39(15-19(2)38(18)4)28-13-26(32)23(21-7-9-22(10-8-21)42-17-20-5-6-20)11-27(28)36-30(41)24-16-37(3)29(40)12-25(24)31(33,34)35/h7-13,16,18-20H,5-6,14-15,17H2,1-4H3,(H,36,41)/t18-,19+. The molecule has 1 aliphatic heterocycles. The van der Waals surface area contributed by atoms with E-state index in [9.17, 15) is 22.8 Å². The summed E-state index contributed by atoms with van der Waals surface area (Å²) in [5.74, 6) is -0.362. The molecular weight excluding hydrogens is 552 g/mol. The Bertz CT molecular complexity index is 1520. The van der Waals surface area contributed by atoms with E-state index < -0.39 is 34.6 Å². The smallest absolute Gasteiger partial charge is 0.417 e. The van der Waals surface area contributed by atoms with Crippen molar-refractivity contribution in [3.05, 3.63) is 76.0 Å². The van der Waals surface area contributed by atoms with E-state index in [1.165, 1.54) is 19.2 Å². The van der Waals surface area contributed by atoms with Crippen LogP contribution in [0.5, 0.6) is 5.75 Å². The Hall–Kier alpha value is -3.86. The Morgan fingerprint density at radius 1 is 1.02 bits per heavy atom. The molecule has 0 unspecified atom stereocenters. The van der Waals surface area contributed by atoms with Crippen LogP contribution in [0.25, 0.3) is 11.1 Å². The summed E-state index contributed by atoms with van der Waals surface area (Å²) in [6, 6.07) is 10.3. The molecule has 5 rings (SSSR count). The minimum Gasteiger partial charge on any atom is -0.493 e. The van der Waals surface area contributed by atoms with Crippen LogP contribution < -0.4 is 20.5 Å². The Morgan fingerprint density at radius 2 is 1.67 bits per heavy atom. The molecule has 2 atom stereocenters. The van der Waals surface area contributed by atoms with Gasteiger partial charge in [-0.15, -0.1) is 0 Å². The van der Waals surface area contributed by atoms with Crippen molar-refractivity contribution in [1.82, 2.24) is 9.47 Å². The molecule has 224 valence electrons. The quantitative estimate of drug-likeness (QED) is 0.356. The van der Waals surface area contributed by atoms with Crippen molar-refractivity contribution in [2.45, 2.75) is 44.9 Å². The predicted octanol–water partition coefficient (Wildman–Crippen LogP) is 5.78. The van der Waals surface area contributed by atoms with Crippen LogP contribution in [0.15, 0.2) is 53.5 Å². The maximum absolute atomic E-state index is 15.7. The van der Waals surface area contributed by atoms with Gasteiger partial charge in [0.1, 0.15) is 11.6 Å². The number of alkyl halides is 3. The van der Waals surface area contributed by atoms with Gasteiger partial charge in [-0.05, 0) is 69.5 Å². The molecule has 1 aliphatic carbocycles. The van der Waals surface area contributed by atoms with Crippen molar-refractivity contribution < 1.29 is 27.1 Å². The first-order valence-electron chi connectivity index (χ1n) is 13.9. The zero-order valence-corrected chi connectivity index (χ0v) is 24.0. The number of hydrogen-bond donors (Lipinski definition) is 1. The third-order valence-electron chi connectivity index (χ3n) is 8.16. The summed E-state index contributed by atoms with van der Waals surface area (Å²) in [6.45, 7) is 5.72. The minimum atomic E-state index is -4.93. The number of hydrogen-bond acceptors (Lipinski definition) is 5. The van der Waals surface area contributed by atoms with E-state index in [1.54, 1.807) is 24.3 Å². The van der Waals surface area contributed by atoms with Crippen molar-refractivity contribution in [1.29, 1.82) is 0 Å². The summed E-state index contributed by atoms with van der Waals surface area (Å²) in [7, 11) is 3.27. The fraction of sp³-hybridized carbons (Fsp3) is 0.419. The van der Waals surface area contributed by atoms with Gasteiger partial charge in [-0.3, -0.25) is 14.5 Å². The molecule has 1 aromatic heterocycles.